The Hall–Kier alpha value is -4.96. The summed E-state index contributed by atoms with van der Waals surface area (Å²) in [5.41, 5.74) is 4.22. The summed E-state index contributed by atoms with van der Waals surface area (Å²) < 4.78 is 44.2. The number of carbonyl (C=O) groups is 2. The quantitative estimate of drug-likeness (QED) is 0.228. The van der Waals surface area contributed by atoms with Crippen LogP contribution >= 0.6 is 0 Å². The van der Waals surface area contributed by atoms with E-state index in [-0.39, 0.29) is 57.1 Å². The van der Waals surface area contributed by atoms with Crippen molar-refractivity contribution >= 4 is 34.8 Å². The smallest absolute Gasteiger partial charge is 0.410 e. The summed E-state index contributed by atoms with van der Waals surface area (Å²) >= 11 is 0. The molecule has 298 valence electrons. The van der Waals surface area contributed by atoms with Crippen molar-refractivity contribution in [1.29, 1.82) is 0 Å². The lowest BCUT2D eigenvalue weighted by Gasteiger charge is -2.51. The van der Waals surface area contributed by atoms with Crippen molar-refractivity contribution in [1.82, 2.24) is 39.7 Å². The minimum atomic E-state index is -2.90. The van der Waals surface area contributed by atoms with E-state index in [0.29, 0.717) is 48.1 Å². The van der Waals surface area contributed by atoms with Gasteiger partial charge in [-0.2, -0.15) is 0 Å². The van der Waals surface area contributed by atoms with Crippen LogP contribution in [0.3, 0.4) is 0 Å². The fourth-order valence-corrected chi connectivity index (χ4v) is 8.58. The molecule has 3 fully saturated rings. The van der Waals surface area contributed by atoms with Gasteiger partial charge in [-0.05, 0) is 77.5 Å². The molecule has 2 saturated heterocycles. The van der Waals surface area contributed by atoms with Gasteiger partial charge in [0, 0.05) is 63.1 Å². The minimum Gasteiger partial charge on any atom is -0.444 e. The largest absolute Gasteiger partial charge is 0.444 e. The SMILES string of the molecule is CNc1cc(N2CCc3c(-c4cnc(CN5CCC6(CCN(C(=O)OC(C)(C)C)CC6)C(F)(F)C5)cn4)cccc32)nn2c(C(=O)N[C@@H]3CC[C@H]3OC)cnc12. The molecule has 4 aromatic rings. The second-order valence-corrected chi connectivity index (χ2v) is 16.5. The predicted molar refractivity (Wildman–Crippen MR) is 206 cm³/mol. The van der Waals surface area contributed by atoms with Gasteiger partial charge in [-0.15, -0.1) is 5.10 Å². The van der Waals surface area contributed by atoms with Crippen LogP contribution in [0.15, 0.2) is 42.9 Å². The molecule has 3 aromatic heterocycles. The highest BCUT2D eigenvalue weighted by atomic mass is 19.3. The van der Waals surface area contributed by atoms with Crippen LogP contribution < -0.4 is 15.5 Å². The Morgan fingerprint density at radius 3 is 2.45 bits per heavy atom. The van der Waals surface area contributed by atoms with E-state index in [1.807, 2.05) is 31.3 Å². The number of hydrogen-bond donors (Lipinski definition) is 2. The highest BCUT2D eigenvalue weighted by Crippen LogP contribution is 2.51. The Balaban J connectivity index is 0.945. The number of fused-ring (bicyclic) bond motifs is 2. The Labute approximate surface area is 325 Å². The zero-order valence-corrected chi connectivity index (χ0v) is 32.6. The van der Waals surface area contributed by atoms with Crippen molar-refractivity contribution in [3.8, 4) is 11.3 Å². The molecule has 0 unspecified atom stereocenters. The number of likely N-dealkylation sites (tertiary alicyclic amines) is 2. The number of nitrogens with one attached hydrogen (secondary N) is 2. The van der Waals surface area contributed by atoms with Gasteiger partial charge in [0.05, 0.1) is 54.4 Å². The molecular formula is C40H50F2N10O4. The van der Waals surface area contributed by atoms with Gasteiger partial charge in [-0.25, -0.2) is 23.1 Å². The van der Waals surface area contributed by atoms with E-state index < -0.39 is 23.0 Å². The molecule has 14 nitrogen and oxygen atoms in total. The zero-order chi connectivity index (χ0) is 39.4. The molecule has 0 radical (unpaired) electrons. The van der Waals surface area contributed by atoms with Gasteiger partial charge in [0.2, 0.25) is 0 Å². The third-order valence-corrected chi connectivity index (χ3v) is 11.9. The second kappa shape index (κ2) is 14.5. The molecule has 2 amide bonds. The number of ether oxygens (including phenoxy) is 2. The zero-order valence-electron chi connectivity index (χ0n) is 32.6. The normalized spacial score (nSPS) is 21.8. The van der Waals surface area contributed by atoms with Crippen LogP contribution in [0.1, 0.15) is 74.6 Å². The van der Waals surface area contributed by atoms with E-state index >= 15 is 8.78 Å². The van der Waals surface area contributed by atoms with Crippen LogP contribution in [0.25, 0.3) is 16.9 Å². The fraction of sp³-hybridized carbons (Fsp3) is 0.550. The number of carbonyl (C=O) groups excluding carboxylic acids is 2. The molecule has 3 aliphatic heterocycles. The first-order valence-electron chi connectivity index (χ1n) is 19.5. The van der Waals surface area contributed by atoms with Crippen LogP contribution in [0, 0.1) is 5.41 Å². The van der Waals surface area contributed by atoms with E-state index in [1.165, 1.54) is 0 Å². The molecule has 1 spiro atoms. The molecule has 1 aliphatic carbocycles. The first kappa shape index (κ1) is 37.9. The van der Waals surface area contributed by atoms with Crippen LogP contribution in [0.5, 0.6) is 0 Å². The first-order chi connectivity index (χ1) is 26.8. The van der Waals surface area contributed by atoms with Crippen LogP contribution in [0.4, 0.5) is 30.8 Å². The maximum atomic E-state index is 15.9. The van der Waals surface area contributed by atoms with Crippen molar-refractivity contribution in [3.63, 3.8) is 0 Å². The summed E-state index contributed by atoms with van der Waals surface area (Å²) in [5.74, 6) is -2.49. The van der Waals surface area contributed by atoms with E-state index in [9.17, 15) is 9.59 Å². The summed E-state index contributed by atoms with van der Waals surface area (Å²) in [6.07, 6.45) is 7.87. The number of rotatable bonds is 8. The van der Waals surface area contributed by atoms with Gasteiger partial charge in [0.15, 0.2) is 17.2 Å². The standard InChI is InChI=1S/C40H50F2N10O4/c1-38(2,3)56-37(54)50-17-13-39(14-18-50)12-16-49(24-40(39,41)42)23-25-20-45-30(21-44-25)26-7-6-8-31-27(26)11-15-51(31)34-19-29(43-4)35-46-22-32(52(35)48-34)36(53)47-28-9-10-33(28)55-5/h6-8,19-22,28,33,43H,9-18,23-24H2,1-5H3,(H,47,53)/t28-,33-/m1/s1. The average molecular weight is 773 g/mol. The number of halogens is 2. The monoisotopic (exact) mass is 772 g/mol. The minimum absolute atomic E-state index is 0.00520. The van der Waals surface area contributed by atoms with Gasteiger partial charge in [-0.1, -0.05) is 12.1 Å². The number of alkyl halides is 2. The second-order valence-electron chi connectivity index (χ2n) is 16.5. The Morgan fingerprint density at radius 2 is 1.79 bits per heavy atom. The maximum Gasteiger partial charge on any atom is 0.410 e. The molecule has 8 rings (SSSR count). The van der Waals surface area contributed by atoms with Gasteiger partial charge >= 0.3 is 6.09 Å². The molecule has 6 heterocycles. The lowest BCUT2D eigenvalue weighted by Crippen LogP contribution is -2.59. The molecule has 4 aliphatic rings. The molecule has 2 N–H and O–H groups in total. The van der Waals surface area contributed by atoms with E-state index in [4.69, 9.17) is 19.6 Å². The summed E-state index contributed by atoms with van der Waals surface area (Å²) in [4.78, 5) is 45.3. The fourth-order valence-electron chi connectivity index (χ4n) is 8.58. The van der Waals surface area contributed by atoms with Crippen molar-refractivity contribution in [2.75, 3.05) is 57.1 Å². The molecule has 2 atom stereocenters. The third kappa shape index (κ3) is 7.01. The van der Waals surface area contributed by atoms with Gasteiger partial charge < -0.3 is 29.9 Å². The molecular weight excluding hydrogens is 723 g/mol. The summed E-state index contributed by atoms with van der Waals surface area (Å²) in [7, 11) is 3.47. The first-order valence-corrected chi connectivity index (χ1v) is 19.5. The lowest BCUT2D eigenvalue weighted by molar-refractivity contribution is -0.188. The van der Waals surface area contributed by atoms with Crippen LogP contribution in [-0.2, 0) is 22.4 Å². The van der Waals surface area contributed by atoms with Gasteiger partial charge in [-0.3, -0.25) is 19.7 Å². The summed E-state index contributed by atoms with van der Waals surface area (Å²) in [6.45, 7) is 7.03. The van der Waals surface area contributed by atoms with Gasteiger partial charge in [0.1, 0.15) is 5.60 Å². The van der Waals surface area contributed by atoms with Crippen molar-refractivity contribution in [2.45, 2.75) is 89.5 Å². The van der Waals surface area contributed by atoms with Crippen molar-refractivity contribution in [2.24, 2.45) is 5.41 Å². The highest BCUT2D eigenvalue weighted by Gasteiger charge is 2.57. The average Bonchev–Trinajstić information content (AvgIpc) is 3.80. The van der Waals surface area contributed by atoms with Crippen LogP contribution in [0.2, 0.25) is 0 Å². The number of methoxy groups -OCH3 is 1. The predicted octanol–water partition coefficient (Wildman–Crippen LogP) is 5.69. The lowest BCUT2D eigenvalue weighted by atomic mass is 9.68. The molecule has 56 heavy (non-hydrogen) atoms. The maximum absolute atomic E-state index is 15.9. The Bertz CT molecular complexity index is 2110. The Kier molecular flexibility index (Phi) is 9.84. The number of nitrogens with zero attached hydrogens (tertiary/aromatic N) is 8. The molecule has 16 heteroatoms. The number of imidazole rings is 1. The van der Waals surface area contributed by atoms with Crippen molar-refractivity contribution < 1.29 is 27.8 Å². The number of hydrogen-bond acceptors (Lipinski definition) is 11. The summed E-state index contributed by atoms with van der Waals surface area (Å²) in [6, 6.07) is 7.94. The molecule has 1 saturated carbocycles. The number of benzene rings is 1. The number of amides is 2. The van der Waals surface area contributed by atoms with Crippen LogP contribution in [-0.4, -0.2) is 117 Å². The van der Waals surface area contributed by atoms with E-state index in [2.05, 4.69) is 25.5 Å². The van der Waals surface area contributed by atoms with Gasteiger partial charge in [0.25, 0.3) is 11.8 Å². The number of piperidine rings is 2. The van der Waals surface area contributed by atoms with E-state index in [1.54, 1.807) is 60.8 Å². The third-order valence-electron chi connectivity index (χ3n) is 11.9. The topological polar surface area (TPSA) is 142 Å². The van der Waals surface area contributed by atoms with E-state index in [0.717, 1.165) is 41.8 Å². The molecule has 0 bridgehead atoms. The number of anilines is 3. The number of aromatic nitrogens is 5. The summed E-state index contributed by atoms with van der Waals surface area (Å²) in [5, 5.41) is 11.2. The molecule has 1 aromatic carbocycles. The highest BCUT2D eigenvalue weighted by molar-refractivity contribution is 5.94. The Morgan fingerprint density at radius 1 is 1.00 bits per heavy atom. The van der Waals surface area contributed by atoms with Crippen molar-refractivity contribution in [3.05, 3.63) is 59.8 Å².